The van der Waals surface area contributed by atoms with Crippen LogP contribution in [0.25, 0.3) is 0 Å². The summed E-state index contributed by atoms with van der Waals surface area (Å²) >= 11 is 0. The number of nitrogens with zero attached hydrogens (tertiary/aromatic N) is 3. The van der Waals surface area contributed by atoms with E-state index in [0.717, 1.165) is 35.8 Å². The van der Waals surface area contributed by atoms with Crippen LogP contribution in [0.2, 0.25) is 0 Å². The van der Waals surface area contributed by atoms with Gasteiger partial charge in [0.1, 0.15) is 23.7 Å². The maximum absolute atomic E-state index is 10.7. The Balaban J connectivity index is 1.70. The van der Waals surface area contributed by atoms with Crippen molar-refractivity contribution < 1.29 is 4.74 Å². The van der Waals surface area contributed by atoms with Gasteiger partial charge < -0.3 is 20.3 Å². The molecule has 3 aliphatic rings. The number of dihydropyridines is 1. The smallest absolute Gasteiger partial charge is 0.146 e. The number of morpholine rings is 1. The lowest BCUT2D eigenvalue weighted by Gasteiger charge is -2.40. The number of benzene rings is 1. The largest absolute Gasteiger partial charge is 0.378 e. The van der Waals surface area contributed by atoms with Crippen molar-refractivity contribution >= 4 is 11.5 Å². The normalized spacial score (nSPS) is 24.9. The van der Waals surface area contributed by atoms with Crippen LogP contribution < -0.4 is 10.6 Å². The molecule has 1 saturated heterocycles. The van der Waals surface area contributed by atoms with E-state index in [1.807, 2.05) is 24.4 Å². The van der Waals surface area contributed by atoms with Crippen molar-refractivity contribution in [3.8, 4) is 0 Å². The summed E-state index contributed by atoms with van der Waals surface area (Å²) in [4.78, 5) is 17.9. The molecule has 0 amide bonds. The van der Waals surface area contributed by atoms with E-state index >= 15 is 0 Å². The molecule has 1 fully saturated rings. The zero-order valence-electron chi connectivity index (χ0n) is 14.4. The second-order valence-electron chi connectivity index (χ2n) is 6.36. The molecule has 2 unspecified atom stereocenters. The summed E-state index contributed by atoms with van der Waals surface area (Å²) in [5.41, 5.74) is 3.47. The minimum atomic E-state index is -0.220. The first-order valence-corrected chi connectivity index (χ1v) is 8.69. The summed E-state index contributed by atoms with van der Waals surface area (Å²) in [6.07, 6.45) is 5.65. The molecule has 1 aromatic carbocycles. The number of hydrogen-bond acceptors (Lipinski definition) is 7. The molecule has 0 saturated carbocycles. The Bertz CT molecular complexity index is 791. The van der Waals surface area contributed by atoms with Crippen LogP contribution in [0.4, 0.5) is 5.69 Å². The summed E-state index contributed by atoms with van der Waals surface area (Å²) in [6.45, 7) is 6.90. The summed E-state index contributed by atoms with van der Waals surface area (Å²) in [7, 11) is 0. The minimum Gasteiger partial charge on any atom is -0.378 e. The molecule has 0 spiro atoms. The van der Waals surface area contributed by atoms with E-state index in [2.05, 4.69) is 33.4 Å². The van der Waals surface area contributed by atoms with E-state index in [1.165, 1.54) is 0 Å². The zero-order valence-corrected chi connectivity index (χ0v) is 14.4. The molecule has 0 radical (unpaired) electrons. The van der Waals surface area contributed by atoms with Crippen LogP contribution in [0, 0.1) is 4.91 Å². The van der Waals surface area contributed by atoms with Crippen LogP contribution in [-0.2, 0) is 4.74 Å². The van der Waals surface area contributed by atoms with Gasteiger partial charge in [-0.25, -0.2) is 4.99 Å². The second kappa shape index (κ2) is 7.13. The van der Waals surface area contributed by atoms with E-state index in [0.29, 0.717) is 18.9 Å². The van der Waals surface area contributed by atoms with Gasteiger partial charge in [-0.3, -0.25) is 0 Å². The fourth-order valence-electron chi connectivity index (χ4n) is 3.36. The van der Waals surface area contributed by atoms with Crippen molar-refractivity contribution in [2.24, 2.45) is 10.2 Å². The fourth-order valence-corrected chi connectivity index (χ4v) is 3.36. The average Bonchev–Trinajstić information content (AvgIpc) is 2.73. The van der Waals surface area contributed by atoms with Gasteiger partial charge in [0.25, 0.3) is 0 Å². The van der Waals surface area contributed by atoms with Crippen LogP contribution >= 0.6 is 0 Å². The van der Waals surface area contributed by atoms with Crippen LogP contribution in [0.5, 0.6) is 0 Å². The highest BCUT2D eigenvalue weighted by atomic mass is 16.5. The minimum absolute atomic E-state index is 0.0102. The van der Waals surface area contributed by atoms with Gasteiger partial charge in [-0.15, -0.1) is 4.91 Å². The number of aliphatic imine (C=N–C) groups is 1. The molecule has 4 rings (SSSR count). The van der Waals surface area contributed by atoms with E-state index in [9.17, 15) is 4.91 Å². The summed E-state index contributed by atoms with van der Waals surface area (Å²) < 4.78 is 5.49. The molecule has 0 aromatic heterocycles. The predicted molar refractivity (Wildman–Crippen MR) is 101 cm³/mol. The summed E-state index contributed by atoms with van der Waals surface area (Å²) in [6, 6.07) is 7.18. The Morgan fingerprint density at radius 2 is 2.04 bits per heavy atom. The molecule has 2 N–H and O–H groups in total. The van der Waals surface area contributed by atoms with Crippen LogP contribution in [0.3, 0.4) is 0 Å². The van der Waals surface area contributed by atoms with Crippen molar-refractivity contribution in [2.45, 2.75) is 12.2 Å². The third-order valence-corrected chi connectivity index (χ3v) is 4.76. The molecule has 0 aliphatic carbocycles. The number of fused-ring (bicyclic) bond motifs is 1. The Morgan fingerprint density at radius 3 is 2.73 bits per heavy atom. The maximum atomic E-state index is 10.7. The number of nitroso groups, excluding NO2 is 1. The van der Waals surface area contributed by atoms with Gasteiger partial charge >= 0.3 is 0 Å². The third-order valence-electron chi connectivity index (χ3n) is 4.76. The van der Waals surface area contributed by atoms with E-state index in [4.69, 9.17) is 9.73 Å². The molecule has 7 heteroatoms. The number of rotatable bonds is 3. The van der Waals surface area contributed by atoms with Gasteiger partial charge in [0.05, 0.1) is 13.2 Å². The van der Waals surface area contributed by atoms with Gasteiger partial charge in [-0.2, -0.15) is 0 Å². The quantitative estimate of drug-likeness (QED) is 0.818. The molecular weight excluding hydrogens is 330 g/mol. The first-order chi connectivity index (χ1) is 12.8. The Kier molecular flexibility index (Phi) is 4.53. The van der Waals surface area contributed by atoms with Crippen LogP contribution in [0.15, 0.2) is 70.6 Å². The van der Waals surface area contributed by atoms with Crippen LogP contribution in [0.1, 0.15) is 11.7 Å². The average molecular weight is 351 g/mol. The highest BCUT2D eigenvalue weighted by Gasteiger charge is 2.33. The molecule has 2 atom stereocenters. The summed E-state index contributed by atoms with van der Waals surface area (Å²) in [5, 5.41) is 9.89. The first-order valence-electron chi connectivity index (χ1n) is 8.69. The van der Waals surface area contributed by atoms with Gasteiger partial charge in [0, 0.05) is 25.0 Å². The lowest BCUT2D eigenvalue weighted by Crippen LogP contribution is -2.55. The lowest BCUT2D eigenvalue weighted by molar-refractivity contribution is 0.0661. The number of nitrogens with one attached hydrogen (secondary N) is 2. The monoisotopic (exact) mass is 351 g/mol. The molecule has 7 nitrogen and oxygen atoms in total. The van der Waals surface area contributed by atoms with Gasteiger partial charge in [0.2, 0.25) is 0 Å². The number of amidine groups is 1. The number of hydrogen-bond donors (Lipinski definition) is 2. The van der Waals surface area contributed by atoms with E-state index in [-0.39, 0.29) is 12.2 Å². The number of allylic oxidation sites excluding steroid dienone is 3. The Morgan fingerprint density at radius 1 is 1.27 bits per heavy atom. The van der Waals surface area contributed by atoms with Crippen molar-refractivity contribution in [1.82, 2.24) is 15.5 Å². The topological polar surface area (TPSA) is 78.3 Å². The molecule has 3 heterocycles. The molecule has 1 aromatic rings. The highest BCUT2D eigenvalue weighted by molar-refractivity contribution is 5.92. The summed E-state index contributed by atoms with van der Waals surface area (Å²) in [5.74, 6) is 1.00. The maximum Gasteiger partial charge on any atom is 0.146 e. The van der Waals surface area contributed by atoms with E-state index < -0.39 is 0 Å². The van der Waals surface area contributed by atoms with Crippen LogP contribution in [-0.4, -0.2) is 43.1 Å². The highest BCUT2D eigenvalue weighted by Crippen LogP contribution is 2.28. The van der Waals surface area contributed by atoms with Crippen molar-refractivity contribution in [3.63, 3.8) is 0 Å². The van der Waals surface area contributed by atoms with Gasteiger partial charge in [-0.1, -0.05) is 24.8 Å². The fraction of sp³-hybridized carbons (Fsp3) is 0.316. The molecule has 0 bridgehead atoms. The Labute approximate surface area is 152 Å². The molecular formula is C19H21N5O2. The zero-order chi connectivity index (χ0) is 17.9. The molecule has 134 valence electrons. The Hall–Kier alpha value is -2.93. The first kappa shape index (κ1) is 16.5. The standard InChI is InChI=1S/C19H21N5O2/c1-2-13-11-16-17(20-12-13)19(24-7-9-26-10-8-24)22-18(21-16)14-3-5-15(23-25)6-4-14/h2-6,11-12,17-18,20-21H,1,7-10H2. The second-order valence-corrected chi connectivity index (χ2v) is 6.36. The van der Waals surface area contributed by atoms with E-state index in [1.54, 1.807) is 12.1 Å². The lowest BCUT2D eigenvalue weighted by atomic mass is 10.0. The SMILES string of the molecule is C=CC1=CNC2C(=C1)NC(c1ccc(N=O)cc1)N=C2N1CCOCC1. The third kappa shape index (κ3) is 3.13. The predicted octanol–water partition coefficient (Wildman–Crippen LogP) is 2.34. The number of ether oxygens (including phenoxy) is 1. The molecule has 3 aliphatic heterocycles. The van der Waals surface area contributed by atoms with Gasteiger partial charge in [-0.05, 0) is 34.5 Å². The van der Waals surface area contributed by atoms with Crippen molar-refractivity contribution in [1.29, 1.82) is 0 Å². The van der Waals surface area contributed by atoms with Gasteiger partial charge in [0.15, 0.2) is 0 Å². The van der Waals surface area contributed by atoms with Crippen molar-refractivity contribution in [2.75, 3.05) is 26.3 Å². The van der Waals surface area contributed by atoms with Crippen molar-refractivity contribution in [3.05, 3.63) is 70.9 Å². The molecule has 26 heavy (non-hydrogen) atoms.